The lowest BCUT2D eigenvalue weighted by Gasteiger charge is -2.14. The Kier molecular flexibility index (Phi) is 4.90. The number of hydrogen-bond acceptors (Lipinski definition) is 5. The predicted octanol–water partition coefficient (Wildman–Crippen LogP) is 5.22. The van der Waals surface area contributed by atoms with Crippen LogP contribution in [-0.4, -0.2) is 18.3 Å². The number of halogens is 2. The van der Waals surface area contributed by atoms with Gasteiger partial charge < -0.3 is 13.9 Å². The van der Waals surface area contributed by atoms with E-state index in [1.54, 1.807) is 30.5 Å². The van der Waals surface area contributed by atoms with Crippen LogP contribution >= 0.6 is 0 Å². The Hall–Kier alpha value is -4.12. The van der Waals surface area contributed by atoms with E-state index in [0.29, 0.717) is 33.7 Å². The number of methoxy groups -OCH3 is 1. The average molecular weight is 448 g/mol. The zero-order valence-corrected chi connectivity index (χ0v) is 17.6. The van der Waals surface area contributed by atoms with Crippen molar-refractivity contribution in [3.8, 4) is 34.6 Å². The summed E-state index contributed by atoms with van der Waals surface area (Å²) in [7, 11) is 1.50. The second kappa shape index (κ2) is 7.78. The molecule has 0 radical (unpaired) electrons. The van der Waals surface area contributed by atoms with Gasteiger partial charge in [0.2, 0.25) is 0 Å². The molecule has 1 aliphatic rings. The van der Waals surface area contributed by atoms with Crippen molar-refractivity contribution in [2.75, 3.05) is 13.7 Å². The van der Waals surface area contributed by atoms with Gasteiger partial charge in [-0.2, -0.15) is 5.26 Å². The molecule has 1 saturated carbocycles. The number of benzene rings is 2. The fraction of sp³-hybridized carbons (Fsp3) is 0.200. The molecule has 0 atom stereocenters. The van der Waals surface area contributed by atoms with Crippen molar-refractivity contribution in [2.24, 2.45) is 5.41 Å². The van der Waals surface area contributed by atoms with Crippen molar-refractivity contribution in [1.29, 1.82) is 5.26 Å². The summed E-state index contributed by atoms with van der Waals surface area (Å²) in [4.78, 5) is 13.1. The molecule has 8 heteroatoms. The fourth-order valence-electron chi connectivity index (χ4n) is 3.61. The maximum Gasteiger partial charge on any atom is 0.266 e. The minimum Gasteiger partial charge on any atom is -0.493 e. The van der Waals surface area contributed by atoms with Crippen LogP contribution in [0, 0.1) is 28.4 Å². The zero-order valence-electron chi connectivity index (χ0n) is 17.6. The maximum absolute atomic E-state index is 13.6. The van der Waals surface area contributed by atoms with Crippen LogP contribution in [0.2, 0.25) is 0 Å². The number of hydrogen-bond donors (Lipinski definition) is 0. The monoisotopic (exact) mass is 448 g/mol. The lowest BCUT2D eigenvalue weighted by molar-refractivity contribution is 0.255. The van der Waals surface area contributed by atoms with E-state index in [1.165, 1.54) is 23.8 Å². The van der Waals surface area contributed by atoms with E-state index in [4.69, 9.17) is 13.9 Å². The number of pyridine rings is 1. The van der Waals surface area contributed by atoms with E-state index in [2.05, 4.69) is 6.07 Å². The molecule has 0 bridgehead atoms. The smallest absolute Gasteiger partial charge is 0.266 e. The first-order valence-corrected chi connectivity index (χ1v) is 10.3. The molecule has 0 unspecified atom stereocenters. The summed E-state index contributed by atoms with van der Waals surface area (Å²) in [5.74, 6) is -0.781. The van der Waals surface area contributed by atoms with Gasteiger partial charge >= 0.3 is 0 Å². The number of nitriles is 1. The third kappa shape index (κ3) is 3.72. The summed E-state index contributed by atoms with van der Waals surface area (Å²) in [5, 5.41) is 9.52. The molecule has 0 N–H and O–H groups in total. The first kappa shape index (κ1) is 20.8. The van der Waals surface area contributed by atoms with Gasteiger partial charge in [0.1, 0.15) is 18.0 Å². The predicted molar refractivity (Wildman–Crippen MR) is 116 cm³/mol. The molecule has 2 aromatic heterocycles. The SMILES string of the molecule is COc1cc(-n2ccc3oc(-c4ccc(F)c(F)c4)cc3c2=O)ccc1OCC1(C#N)CC1. The summed E-state index contributed by atoms with van der Waals surface area (Å²) in [5.41, 5.74) is 0.433. The summed E-state index contributed by atoms with van der Waals surface area (Å²) >= 11 is 0. The zero-order chi connectivity index (χ0) is 23.2. The number of fused-ring (bicyclic) bond motifs is 1. The third-order valence-corrected chi connectivity index (χ3v) is 5.81. The summed E-state index contributed by atoms with van der Waals surface area (Å²) in [6.07, 6.45) is 3.19. The number of nitrogens with zero attached hydrogens (tertiary/aromatic N) is 2. The second-order valence-electron chi connectivity index (χ2n) is 8.02. The van der Waals surface area contributed by atoms with Crippen LogP contribution in [0.1, 0.15) is 12.8 Å². The highest BCUT2D eigenvalue weighted by atomic mass is 19.2. The van der Waals surface area contributed by atoms with Crippen molar-refractivity contribution < 1.29 is 22.7 Å². The van der Waals surface area contributed by atoms with Gasteiger partial charge in [-0.15, -0.1) is 0 Å². The molecule has 0 aliphatic heterocycles. The Bertz CT molecular complexity index is 1480. The third-order valence-electron chi connectivity index (χ3n) is 5.81. The van der Waals surface area contributed by atoms with Crippen LogP contribution in [0.5, 0.6) is 11.5 Å². The van der Waals surface area contributed by atoms with Crippen molar-refractivity contribution >= 4 is 11.0 Å². The largest absolute Gasteiger partial charge is 0.493 e. The van der Waals surface area contributed by atoms with Gasteiger partial charge in [0.25, 0.3) is 5.56 Å². The van der Waals surface area contributed by atoms with E-state index in [1.807, 2.05) is 0 Å². The molecule has 2 aromatic carbocycles. The van der Waals surface area contributed by atoms with Crippen LogP contribution in [0.4, 0.5) is 8.78 Å². The molecular formula is C25H18F2N2O4. The normalized spacial score (nSPS) is 14.1. The fourth-order valence-corrected chi connectivity index (χ4v) is 3.61. The summed E-state index contributed by atoms with van der Waals surface area (Å²) in [6.45, 7) is 0.285. The first-order valence-electron chi connectivity index (χ1n) is 10.3. The molecule has 1 fully saturated rings. The Morgan fingerprint density at radius 1 is 1.09 bits per heavy atom. The number of furan rings is 1. The Balaban J connectivity index is 1.49. The topological polar surface area (TPSA) is 77.4 Å². The highest BCUT2D eigenvalue weighted by Gasteiger charge is 2.44. The van der Waals surface area contributed by atoms with Crippen molar-refractivity contribution in [3.05, 3.63) is 76.7 Å². The summed E-state index contributed by atoms with van der Waals surface area (Å²) in [6, 6.07) is 13.9. The Morgan fingerprint density at radius 2 is 1.91 bits per heavy atom. The molecule has 4 aromatic rings. The van der Waals surface area contributed by atoms with E-state index in [-0.39, 0.29) is 17.9 Å². The van der Waals surface area contributed by atoms with Crippen molar-refractivity contribution in [2.45, 2.75) is 12.8 Å². The van der Waals surface area contributed by atoms with Gasteiger partial charge in [-0.25, -0.2) is 8.78 Å². The number of rotatable bonds is 6. The minimum absolute atomic E-state index is 0.256. The lowest BCUT2D eigenvalue weighted by atomic mass is 10.1. The maximum atomic E-state index is 13.6. The van der Waals surface area contributed by atoms with Crippen molar-refractivity contribution in [3.63, 3.8) is 0 Å². The molecule has 0 spiro atoms. The van der Waals surface area contributed by atoms with Crippen LogP contribution in [0.25, 0.3) is 28.0 Å². The van der Waals surface area contributed by atoms with Gasteiger partial charge in [0, 0.05) is 17.8 Å². The van der Waals surface area contributed by atoms with E-state index >= 15 is 0 Å². The average Bonchev–Trinajstić information content (AvgIpc) is 3.48. The van der Waals surface area contributed by atoms with E-state index in [9.17, 15) is 18.8 Å². The molecular weight excluding hydrogens is 430 g/mol. The van der Waals surface area contributed by atoms with Gasteiger partial charge in [-0.1, -0.05) is 0 Å². The van der Waals surface area contributed by atoms with Crippen LogP contribution in [0.3, 0.4) is 0 Å². The van der Waals surface area contributed by atoms with Crippen molar-refractivity contribution in [1.82, 2.24) is 4.57 Å². The van der Waals surface area contributed by atoms with E-state index < -0.39 is 17.0 Å². The molecule has 33 heavy (non-hydrogen) atoms. The molecule has 0 saturated heterocycles. The standard InChI is InChI=1S/C25H18F2N2O4/c1-31-23-11-16(3-5-21(23)32-14-25(13-28)7-8-25)29-9-6-20-17(24(29)30)12-22(33-20)15-2-4-18(26)19(27)10-15/h2-6,9-12H,7-8,14H2,1H3. The quantitative estimate of drug-likeness (QED) is 0.404. The molecule has 166 valence electrons. The second-order valence-corrected chi connectivity index (χ2v) is 8.02. The lowest BCUT2D eigenvalue weighted by Crippen LogP contribution is -2.17. The van der Waals surface area contributed by atoms with Crippen LogP contribution < -0.4 is 15.0 Å². The molecule has 1 aliphatic carbocycles. The molecule has 0 amide bonds. The van der Waals surface area contributed by atoms with Gasteiger partial charge in [0.05, 0.1) is 29.7 Å². The highest BCUT2D eigenvalue weighted by Crippen LogP contribution is 2.45. The minimum atomic E-state index is -0.998. The Labute approximate surface area is 187 Å². The van der Waals surface area contributed by atoms with Crippen LogP contribution in [0.15, 0.2) is 63.9 Å². The highest BCUT2D eigenvalue weighted by molar-refractivity contribution is 5.82. The molecule has 5 rings (SSSR count). The van der Waals surface area contributed by atoms with Gasteiger partial charge in [0.15, 0.2) is 23.1 Å². The Morgan fingerprint density at radius 3 is 2.61 bits per heavy atom. The number of ether oxygens (including phenoxy) is 2. The van der Waals surface area contributed by atoms with Gasteiger partial charge in [-0.05, 0) is 55.3 Å². The first-order chi connectivity index (χ1) is 15.9. The van der Waals surface area contributed by atoms with Crippen LogP contribution in [-0.2, 0) is 0 Å². The van der Waals surface area contributed by atoms with Gasteiger partial charge in [-0.3, -0.25) is 9.36 Å². The van der Waals surface area contributed by atoms with E-state index in [0.717, 1.165) is 25.0 Å². The number of aromatic nitrogens is 1. The summed E-state index contributed by atoms with van der Waals surface area (Å²) < 4.78 is 45.2. The molecule has 2 heterocycles. The molecule has 6 nitrogen and oxygen atoms in total.